The van der Waals surface area contributed by atoms with Gasteiger partial charge in [-0.2, -0.15) is 0 Å². The van der Waals surface area contributed by atoms with Crippen molar-refractivity contribution in [1.82, 2.24) is 10.2 Å². The summed E-state index contributed by atoms with van der Waals surface area (Å²) in [5.41, 5.74) is 0. The molecule has 0 spiro atoms. The topological polar surface area (TPSA) is 52.6 Å². The van der Waals surface area contributed by atoms with Crippen molar-refractivity contribution in [2.75, 3.05) is 27.2 Å². The number of carbonyl (C=O) groups is 1. The maximum atomic E-state index is 11.4. The summed E-state index contributed by atoms with van der Waals surface area (Å²) in [6.45, 7) is 4.70. The lowest BCUT2D eigenvalue weighted by molar-refractivity contribution is -0.122. The first kappa shape index (κ1) is 13.4. The van der Waals surface area contributed by atoms with Gasteiger partial charge in [0.1, 0.15) is 0 Å². The Balaban J connectivity index is 3.79. The van der Waals surface area contributed by atoms with E-state index < -0.39 is 0 Å². The normalized spacial score (nSPS) is 13.4. The van der Waals surface area contributed by atoms with Crippen molar-refractivity contribution in [2.24, 2.45) is 5.92 Å². The Kier molecular flexibility index (Phi) is 6.49. The van der Waals surface area contributed by atoms with E-state index in [0.717, 1.165) is 6.54 Å². The van der Waals surface area contributed by atoms with E-state index in [-0.39, 0.29) is 24.5 Å². The summed E-state index contributed by atoms with van der Waals surface area (Å²) in [5, 5.41) is 11.8. The standard InChI is InChI=1S/C10H22N2O2/c1-8(2)9(7-13)11-10(14)5-6-12(3)4/h8-9,13H,5-7H2,1-4H3,(H,11,14)/t9-/m1/s1. The van der Waals surface area contributed by atoms with Gasteiger partial charge in [0.25, 0.3) is 0 Å². The van der Waals surface area contributed by atoms with E-state index in [4.69, 9.17) is 5.11 Å². The summed E-state index contributed by atoms with van der Waals surface area (Å²) in [4.78, 5) is 13.3. The van der Waals surface area contributed by atoms with Gasteiger partial charge in [0, 0.05) is 13.0 Å². The molecule has 0 saturated carbocycles. The number of carbonyl (C=O) groups excluding carboxylic acids is 1. The first-order valence-corrected chi connectivity index (χ1v) is 5.02. The van der Waals surface area contributed by atoms with Crippen LogP contribution in [-0.4, -0.2) is 49.2 Å². The van der Waals surface area contributed by atoms with Crippen LogP contribution in [-0.2, 0) is 4.79 Å². The molecule has 0 unspecified atom stereocenters. The molecule has 0 aromatic heterocycles. The Labute approximate surface area is 86.3 Å². The third-order valence-corrected chi connectivity index (χ3v) is 2.13. The van der Waals surface area contributed by atoms with Gasteiger partial charge in [-0.05, 0) is 20.0 Å². The van der Waals surface area contributed by atoms with Crippen LogP contribution in [0.25, 0.3) is 0 Å². The van der Waals surface area contributed by atoms with Crippen molar-refractivity contribution in [1.29, 1.82) is 0 Å². The van der Waals surface area contributed by atoms with Gasteiger partial charge in [0.15, 0.2) is 0 Å². The van der Waals surface area contributed by atoms with Crippen LogP contribution in [0.4, 0.5) is 0 Å². The highest BCUT2D eigenvalue weighted by atomic mass is 16.3. The van der Waals surface area contributed by atoms with Crippen molar-refractivity contribution in [3.8, 4) is 0 Å². The number of amides is 1. The quantitative estimate of drug-likeness (QED) is 0.641. The first-order chi connectivity index (χ1) is 6.47. The molecule has 0 rings (SSSR count). The fourth-order valence-electron chi connectivity index (χ4n) is 1.03. The average Bonchev–Trinajstić information content (AvgIpc) is 2.10. The van der Waals surface area contributed by atoms with Crippen LogP contribution < -0.4 is 5.32 Å². The lowest BCUT2D eigenvalue weighted by Crippen LogP contribution is -2.41. The fraction of sp³-hybridized carbons (Fsp3) is 0.900. The third-order valence-electron chi connectivity index (χ3n) is 2.13. The summed E-state index contributed by atoms with van der Waals surface area (Å²) in [6.07, 6.45) is 0.482. The number of nitrogens with zero attached hydrogens (tertiary/aromatic N) is 1. The van der Waals surface area contributed by atoms with Crippen molar-refractivity contribution >= 4 is 5.91 Å². The number of hydrogen-bond donors (Lipinski definition) is 2. The van der Waals surface area contributed by atoms with Crippen LogP contribution in [0.2, 0.25) is 0 Å². The number of nitrogens with one attached hydrogen (secondary N) is 1. The van der Waals surface area contributed by atoms with Crippen LogP contribution in [0.1, 0.15) is 20.3 Å². The second-order valence-electron chi connectivity index (χ2n) is 4.15. The molecular weight excluding hydrogens is 180 g/mol. The Morgan fingerprint density at radius 2 is 2.00 bits per heavy atom. The molecule has 4 nitrogen and oxygen atoms in total. The van der Waals surface area contributed by atoms with Crippen molar-refractivity contribution in [2.45, 2.75) is 26.3 Å². The molecule has 0 fully saturated rings. The fourth-order valence-corrected chi connectivity index (χ4v) is 1.03. The Morgan fingerprint density at radius 3 is 2.36 bits per heavy atom. The van der Waals surface area contributed by atoms with Gasteiger partial charge < -0.3 is 15.3 Å². The van der Waals surface area contributed by atoms with Gasteiger partial charge in [-0.15, -0.1) is 0 Å². The van der Waals surface area contributed by atoms with Crippen LogP contribution in [0.5, 0.6) is 0 Å². The Hall–Kier alpha value is -0.610. The van der Waals surface area contributed by atoms with Gasteiger partial charge in [-0.3, -0.25) is 4.79 Å². The smallest absolute Gasteiger partial charge is 0.221 e. The SMILES string of the molecule is CC(C)[C@@H](CO)NC(=O)CCN(C)C. The molecular formula is C10H22N2O2. The predicted molar refractivity (Wildman–Crippen MR) is 57.0 cm³/mol. The monoisotopic (exact) mass is 202 g/mol. The van der Waals surface area contributed by atoms with Crippen molar-refractivity contribution in [3.05, 3.63) is 0 Å². The van der Waals surface area contributed by atoms with Crippen LogP contribution in [0.3, 0.4) is 0 Å². The molecule has 1 amide bonds. The minimum atomic E-state index is -0.121. The van der Waals surface area contributed by atoms with E-state index in [1.807, 2.05) is 32.8 Å². The molecule has 0 heterocycles. The molecule has 2 N–H and O–H groups in total. The zero-order valence-electron chi connectivity index (χ0n) is 9.58. The second-order valence-corrected chi connectivity index (χ2v) is 4.15. The van der Waals surface area contributed by atoms with Gasteiger partial charge >= 0.3 is 0 Å². The summed E-state index contributed by atoms with van der Waals surface area (Å²) >= 11 is 0. The van der Waals surface area contributed by atoms with E-state index in [9.17, 15) is 4.79 Å². The van der Waals surface area contributed by atoms with Crippen molar-refractivity contribution < 1.29 is 9.90 Å². The number of aliphatic hydroxyl groups excluding tert-OH is 1. The van der Waals surface area contributed by atoms with E-state index in [0.29, 0.717) is 6.42 Å². The molecule has 14 heavy (non-hydrogen) atoms. The van der Waals surface area contributed by atoms with Crippen LogP contribution >= 0.6 is 0 Å². The van der Waals surface area contributed by atoms with Crippen LogP contribution in [0.15, 0.2) is 0 Å². The number of rotatable bonds is 6. The molecule has 0 radical (unpaired) electrons. The maximum Gasteiger partial charge on any atom is 0.221 e. The Morgan fingerprint density at radius 1 is 1.43 bits per heavy atom. The van der Waals surface area contributed by atoms with Gasteiger partial charge in [-0.25, -0.2) is 0 Å². The summed E-state index contributed by atoms with van der Waals surface area (Å²) in [6, 6.07) is -0.121. The van der Waals surface area contributed by atoms with E-state index in [2.05, 4.69) is 5.32 Å². The molecule has 0 bridgehead atoms. The van der Waals surface area contributed by atoms with E-state index in [1.165, 1.54) is 0 Å². The highest BCUT2D eigenvalue weighted by molar-refractivity contribution is 5.76. The Bertz CT molecular complexity index is 170. The molecule has 1 atom stereocenters. The van der Waals surface area contributed by atoms with E-state index >= 15 is 0 Å². The van der Waals surface area contributed by atoms with E-state index in [1.54, 1.807) is 0 Å². The van der Waals surface area contributed by atoms with Gasteiger partial charge in [0.05, 0.1) is 12.6 Å². The largest absolute Gasteiger partial charge is 0.394 e. The number of hydrogen-bond acceptors (Lipinski definition) is 3. The zero-order chi connectivity index (χ0) is 11.1. The minimum Gasteiger partial charge on any atom is -0.394 e. The predicted octanol–water partition coefficient (Wildman–Crippen LogP) is 0.0712. The van der Waals surface area contributed by atoms with Crippen molar-refractivity contribution in [3.63, 3.8) is 0 Å². The lowest BCUT2D eigenvalue weighted by Gasteiger charge is -2.20. The molecule has 0 aromatic carbocycles. The molecule has 0 aliphatic rings. The first-order valence-electron chi connectivity index (χ1n) is 5.02. The zero-order valence-corrected chi connectivity index (χ0v) is 9.58. The van der Waals surface area contributed by atoms with Gasteiger partial charge in [0.2, 0.25) is 5.91 Å². The lowest BCUT2D eigenvalue weighted by atomic mass is 10.1. The maximum absolute atomic E-state index is 11.4. The highest BCUT2D eigenvalue weighted by Gasteiger charge is 2.14. The highest BCUT2D eigenvalue weighted by Crippen LogP contribution is 2.00. The molecule has 84 valence electrons. The molecule has 0 aliphatic heterocycles. The second kappa shape index (κ2) is 6.79. The summed E-state index contributed by atoms with van der Waals surface area (Å²) in [5.74, 6) is 0.273. The van der Waals surface area contributed by atoms with Crippen LogP contribution in [0, 0.1) is 5.92 Å². The average molecular weight is 202 g/mol. The molecule has 0 aliphatic carbocycles. The summed E-state index contributed by atoms with van der Waals surface area (Å²) in [7, 11) is 3.86. The summed E-state index contributed by atoms with van der Waals surface area (Å²) < 4.78 is 0. The molecule has 0 aromatic rings. The minimum absolute atomic E-state index is 0.00533. The number of aliphatic hydroxyl groups is 1. The third kappa shape index (κ3) is 5.94. The van der Waals surface area contributed by atoms with Gasteiger partial charge in [-0.1, -0.05) is 13.8 Å². The molecule has 4 heteroatoms. The molecule has 0 saturated heterocycles.